The van der Waals surface area contributed by atoms with Crippen molar-refractivity contribution in [1.82, 2.24) is 15.5 Å². The summed E-state index contributed by atoms with van der Waals surface area (Å²) >= 11 is 0. The molecule has 0 aromatic heterocycles. The van der Waals surface area contributed by atoms with Gasteiger partial charge in [0.05, 0.1) is 5.41 Å². The Kier molecular flexibility index (Phi) is 5.22. The molecular weight excluding hydrogens is 238 g/mol. The number of nitrogens with one attached hydrogen (secondary N) is 2. The monoisotopic (exact) mass is 267 g/mol. The maximum absolute atomic E-state index is 12.4. The molecule has 110 valence electrons. The number of hydrogen-bond acceptors (Lipinski definition) is 3. The second-order valence-corrected chi connectivity index (χ2v) is 6.58. The zero-order valence-electron chi connectivity index (χ0n) is 12.5. The van der Waals surface area contributed by atoms with Crippen molar-refractivity contribution in [3.63, 3.8) is 0 Å². The molecule has 2 atom stereocenters. The highest BCUT2D eigenvalue weighted by Crippen LogP contribution is 2.25. The third-order valence-corrected chi connectivity index (χ3v) is 4.50. The van der Waals surface area contributed by atoms with Crippen LogP contribution < -0.4 is 10.6 Å². The van der Waals surface area contributed by atoms with Gasteiger partial charge in [-0.1, -0.05) is 6.42 Å². The van der Waals surface area contributed by atoms with E-state index in [1.807, 2.05) is 0 Å². The molecule has 19 heavy (non-hydrogen) atoms. The van der Waals surface area contributed by atoms with Crippen molar-refractivity contribution < 1.29 is 4.79 Å². The first-order valence-corrected chi connectivity index (χ1v) is 7.84. The smallest absolute Gasteiger partial charge is 0.227 e. The molecule has 0 radical (unpaired) electrons. The minimum atomic E-state index is -0.214. The Morgan fingerprint density at radius 2 is 2.05 bits per heavy atom. The lowest BCUT2D eigenvalue weighted by Crippen LogP contribution is -2.52. The highest BCUT2D eigenvalue weighted by Gasteiger charge is 2.35. The van der Waals surface area contributed by atoms with Crippen LogP contribution in [-0.2, 0) is 4.79 Å². The number of rotatable bonds is 4. The van der Waals surface area contributed by atoms with Crippen LogP contribution >= 0.6 is 0 Å². The second-order valence-electron chi connectivity index (χ2n) is 6.58. The lowest BCUT2D eigenvalue weighted by Gasteiger charge is -2.35. The first-order chi connectivity index (χ1) is 9.10. The second kappa shape index (κ2) is 6.71. The van der Waals surface area contributed by atoms with Crippen LogP contribution in [0.2, 0.25) is 0 Å². The van der Waals surface area contributed by atoms with E-state index < -0.39 is 0 Å². The number of amides is 1. The van der Waals surface area contributed by atoms with Crippen molar-refractivity contribution in [3.8, 4) is 0 Å². The van der Waals surface area contributed by atoms with E-state index in [1.54, 1.807) is 0 Å². The molecule has 4 heteroatoms. The first kappa shape index (κ1) is 14.8. The molecule has 0 spiro atoms. The molecule has 2 unspecified atom stereocenters. The van der Waals surface area contributed by atoms with Gasteiger partial charge in [0.1, 0.15) is 0 Å². The van der Waals surface area contributed by atoms with Crippen molar-refractivity contribution in [2.75, 3.05) is 32.7 Å². The summed E-state index contributed by atoms with van der Waals surface area (Å²) in [5, 5.41) is 6.56. The fraction of sp³-hybridized carbons (Fsp3) is 0.933. The zero-order valence-corrected chi connectivity index (χ0v) is 12.5. The van der Waals surface area contributed by atoms with Gasteiger partial charge in [0.25, 0.3) is 0 Å². The van der Waals surface area contributed by atoms with Crippen LogP contribution in [0.5, 0.6) is 0 Å². The fourth-order valence-corrected chi connectivity index (χ4v) is 3.22. The van der Waals surface area contributed by atoms with Crippen molar-refractivity contribution in [3.05, 3.63) is 0 Å². The van der Waals surface area contributed by atoms with Crippen molar-refractivity contribution >= 4 is 5.91 Å². The third kappa shape index (κ3) is 4.18. The van der Waals surface area contributed by atoms with E-state index >= 15 is 0 Å². The van der Waals surface area contributed by atoms with Gasteiger partial charge in [0.2, 0.25) is 5.91 Å². The van der Waals surface area contributed by atoms with Crippen LogP contribution in [0.15, 0.2) is 0 Å². The largest absolute Gasteiger partial charge is 0.352 e. The van der Waals surface area contributed by atoms with Crippen LogP contribution in [0.25, 0.3) is 0 Å². The number of carbonyl (C=O) groups excluding carboxylic acids is 1. The summed E-state index contributed by atoms with van der Waals surface area (Å²) < 4.78 is 0. The minimum absolute atomic E-state index is 0.214. The molecular formula is C15H29N3O. The Labute approximate surface area is 117 Å². The van der Waals surface area contributed by atoms with Crippen LogP contribution in [0.1, 0.15) is 46.0 Å². The highest BCUT2D eigenvalue weighted by molar-refractivity contribution is 5.82. The van der Waals surface area contributed by atoms with E-state index in [1.165, 1.54) is 32.4 Å². The normalized spacial score (nSPS) is 30.8. The van der Waals surface area contributed by atoms with E-state index in [4.69, 9.17) is 0 Å². The van der Waals surface area contributed by atoms with Gasteiger partial charge in [-0.05, 0) is 59.2 Å². The molecule has 0 aliphatic carbocycles. The number of piperidine rings is 2. The number of likely N-dealkylation sites (tertiary alicyclic amines) is 1. The minimum Gasteiger partial charge on any atom is -0.352 e. The van der Waals surface area contributed by atoms with Crippen LogP contribution in [0.4, 0.5) is 0 Å². The maximum Gasteiger partial charge on any atom is 0.227 e. The summed E-state index contributed by atoms with van der Waals surface area (Å²) in [5.41, 5.74) is -0.214. The molecule has 0 aromatic carbocycles. The van der Waals surface area contributed by atoms with E-state index in [-0.39, 0.29) is 17.4 Å². The Hall–Kier alpha value is -0.610. The molecule has 2 heterocycles. The standard InChI is InChI=1S/C15H29N3O/c1-13(11-18-9-4-3-5-10-18)17-14(19)15(2)7-6-8-16-12-15/h13,16H,3-12H2,1-2H3,(H,17,19). The summed E-state index contributed by atoms with van der Waals surface area (Å²) in [4.78, 5) is 14.9. The topological polar surface area (TPSA) is 44.4 Å². The SMILES string of the molecule is CC(CN1CCCCC1)NC(=O)C1(C)CCCNC1. The summed E-state index contributed by atoms with van der Waals surface area (Å²) in [6.45, 7) is 9.46. The summed E-state index contributed by atoms with van der Waals surface area (Å²) in [7, 11) is 0. The lowest BCUT2D eigenvalue weighted by atomic mass is 9.81. The van der Waals surface area contributed by atoms with E-state index in [2.05, 4.69) is 29.4 Å². The zero-order chi connectivity index (χ0) is 13.7. The van der Waals surface area contributed by atoms with Crippen molar-refractivity contribution in [1.29, 1.82) is 0 Å². The summed E-state index contributed by atoms with van der Waals surface area (Å²) in [6.07, 6.45) is 6.08. The predicted octanol–water partition coefficient (Wildman–Crippen LogP) is 1.37. The van der Waals surface area contributed by atoms with Crippen LogP contribution in [-0.4, -0.2) is 49.6 Å². The molecule has 2 rings (SSSR count). The molecule has 2 aliphatic heterocycles. The molecule has 2 fully saturated rings. The van der Waals surface area contributed by atoms with Gasteiger partial charge in [-0.3, -0.25) is 4.79 Å². The number of carbonyl (C=O) groups is 1. The van der Waals surface area contributed by atoms with Gasteiger partial charge in [0, 0.05) is 19.1 Å². The average Bonchev–Trinajstić information content (AvgIpc) is 2.40. The first-order valence-electron chi connectivity index (χ1n) is 7.84. The van der Waals surface area contributed by atoms with Crippen molar-refractivity contribution in [2.45, 2.75) is 52.0 Å². The molecule has 4 nitrogen and oxygen atoms in total. The van der Waals surface area contributed by atoms with Gasteiger partial charge >= 0.3 is 0 Å². The molecule has 2 aliphatic rings. The number of hydrogen-bond donors (Lipinski definition) is 2. The van der Waals surface area contributed by atoms with Gasteiger partial charge < -0.3 is 15.5 Å². The Morgan fingerprint density at radius 1 is 1.32 bits per heavy atom. The van der Waals surface area contributed by atoms with E-state index in [9.17, 15) is 4.79 Å². The summed E-state index contributed by atoms with van der Waals surface area (Å²) in [5.74, 6) is 0.226. The molecule has 0 bridgehead atoms. The van der Waals surface area contributed by atoms with E-state index in [0.717, 1.165) is 32.5 Å². The molecule has 2 N–H and O–H groups in total. The average molecular weight is 267 g/mol. The van der Waals surface area contributed by atoms with Crippen LogP contribution in [0.3, 0.4) is 0 Å². The number of nitrogens with zero attached hydrogens (tertiary/aromatic N) is 1. The van der Waals surface area contributed by atoms with Gasteiger partial charge in [0.15, 0.2) is 0 Å². The molecule has 2 saturated heterocycles. The highest BCUT2D eigenvalue weighted by atomic mass is 16.2. The van der Waals surface area contributed by atoms with Crippen molar-refractivity contribution in [2.24, 2.45) is 5.41 Å². The maximum atomic E-state index is 12.4. The third-order valence-electron chi connectivity index (χ3n) is 4.50. The molecule has 0 aromatic rings. The quantitative estimate of drug-likeness (QED) is 0.808. The molecule has 0 saturated carbocycles. The van der Waals surface area contributed by atoms with Gasteiger partial charge in [-0.25, -0.2) is 0 Å². The Bertz CT molecular complexity index is 294. The van der Waals surface area contributed by atoms with E-state index in [0.29, 0.717) is 0 Å². The fourth-order valence-electron chi connectivity index (χ4n) is 3.22. The molecule has 1 amide bonds. The Balaban J connectivity index is 1.77. The Morgan fingerprint density at radius 3 is 2.68 bits per heavy atom. The van der Waals surface area contributed by atoms with Crippen LogP contribution in [0, 0.1) is 5.41 Å². The lowest BCUT2D eigenvalue weighted by molar-refractivity contribution is -0.131. The van der Waals surface area contributed by atoms with Gasteiger partial charge in [-0.15, -0.1) is 0 Å². The van der Waals surface area contributed by atoms with Gasteiger partial charge in [-0.2, -0.15) is 0 Å². The summed E-state index contributed by atoms with van der Waals surface area (Å²) in [6, 6.07) is 0.254. The predicted molar refractivity (Wildman–Crippen MR) is 78.1 cm³/mol.